The van der Waals surface area contributed by atoms with Crippen molar-refractivity contribution >= 4 is 27.5 Å². The van der Waals surface area contributed by atoms with Gasteiger partial charge in [-0.3, -0.25) is 4.79 Å². The maximum Gasteiger partial charge on any atom is 0.253 e. The fraction of sp³-hybridized carbons (Fsp3) is 0.214. The van der Waals surface area contributed by atoms with Crippen LogP contribution < -0.4 is 11.1 Å². The van der Waals surface area contributed by atoms with Crippen LogP contribution in [0.15, 0.2) is 39.2 Å². The number of nitrogen functional groups attached to an aromatic ring is 1. The van der Waals surface area contributed by atoms with Crippen LogP contribution in [0.1, 0.15) is 34.8 Å². The number of hydrogen-bond donors (Lipinski definition) is 2. The fourth-order valence-corrected chi connectivity index (χ4v) is 2.15. The maximum atomic E-state index is 12.1. The van der Waals surface area contributed by atoms with E-state index in [1.54, 1.807) is 18.2 Å². The van der Waals surface area contributed by atoms with Crippen molar-refractivity contribution in [3.63, 3.8) is 0 Å². The van der Waals surface area contributed by atoms with Crippen LogP contribution in [0, 0.1) is 6.92 Å². The molecule has 0 spiro atoms. The van der Waals surface area contributed by atoms with Gasteiger partial charge in [-0.1, -0.05) is 15.9 Å². The summed E-state index contributed by atoms with van der Waals surface area (Å²) < 4.78 is 6.32. The van der Waals surface area contributed by atoms with Gasteiger partial charge >= 0.3 is 0 Å². The van der Waals surface area contributed by atoms with E-state index >= 15 is 0 Å². The number of furan rings is 1. The monoisotopic (exact) mass is 322 g/mol. The molecule has 1 aromatic carbocycles. The lowest BCUT2D eigenvalue weighted by Crippen LogP contribution is -2.27. The predicted octanol–water partition coefficient (Wildman–Crippen LogP) is 3.42. The molecule has 0 saturated carbocycles. The molecule has 4 nitrogen and oxygen atoms in total. The number of benzene rings is 1. The summed E-state index contributed by atoms with van der Waals surface area (Å²) in [5, 5.41) is 2.86. The Bertz CT molecular complexity index is 607. The Morgan fingerprint density at radius 3 is 2.68 bits per heavy atom. The maximum absolute atomic E-state index is 12.1. The number of hydrogen-bond acceptors (Lipinski definition) is 3. The number of carbonyl (C=O) groups is 1. The Hall–Kier alpha value is -1.75. The van der Waals surface area contributed by atoms with Crippen LogP contribution in [0.3, 0.4) is 0 Å². The van der Waals surface area contributed by atoms with E-state index in [1.165, 1.54) is 0 Å². The van der Waals surface area contributed by atoms with Gasteiger partial charge in [0.05, 0.1) is 11.6 Å². The van der Waals surface area contributed by atoms with Crippen LogP contribution in [0.4, 0.5) is 5.69 Å². The highest BCUT2D eigenvalue weighted by Crippen LogP contribution is 2.20. The summed E-state index contributed by atoms with van der Waals surface area (Å²) in [4.78, 5) is 12.1. The highest BCUT2D eigenvalue weighted by Gasteiger charge is 2.15. The third-order valence-corrected chi connectivity index (χ3v) is 3.29. The lowest BCUT2D eigenvalue weighted by molar-refractivity contribution is 0.0936. The summed E-state index contributed by atoms with van der Waals surface area (Å²) in [7, 11) is 0. The summed E-state index contributed by atoms with van der Waals surface area (Å²) in [5.41, 5.74) is 6.72. The van der Waals surface area contributed by atoms with Crippen molar-refractivity contribution in [1.82, 2.24) is 5.32 Å². The zero-order valence-electron chi connectivity index (χ0n) is 10.7. The third kappa shape index (κ3) is 3.17. The molecule has 0 saturated heterocycles. The topological polar surface area (TPSA) is 68.3 Å². The summed E-state index contributed by atoms with van der Waals surface area (Å²) in [6, 6.07) is 8.69. The largest absolute Gasteiger partial charge is 0.464 e. The van der Waals surface area contributed by atoms with E-state index in [0.29, 0.717) is 11.3 Å². The Morgan fingerprint density at radius 1 is 1.37 bits per heavy atom. The van der Waals surface area contributed by atoms with E-state index in [1.807, 2.05) is 26.0 Å². The van der Waals surface area contributed by atoms with Crippen molar-refractivity contribution < 1.29 is 9.21 Å². The molecular formula is C14H15BrN2O2. The van der Waals surface area contributed by atoms with Gasteiger partial charge in [-0.2, -0.15) is 0 Å². The molecule has 1 heterocycles. The second kappa shape index (κ2) is 5.48. The lowest BCUT2D eigenvalue weighted by atomic mass is 10.1. The van der Waals surface area contributed by atoms with Crippen LogP contribution in [0.2, 0.25) is 0 Å². The smallest absolute Gasteiger partial charge is 0.253 e. The first-order valence-corrected chi connectivity index (χ1v) is 6.69. The van der Waals surface area contributed by atoms with E-state index in [4.69, 9.17) is 10.2 Å². The number of nitrogens with two attached hydrogens (primary N) is 1. The minimum absolute atomic E-state index is 0.204. The van der Waals surface area contributed by atoms with Crippen LogP contribution >= 0.6 is 15.9 Å². The molecule has 0 aliphatic carbocycles. The van der Waals surface area contributed by atoms with E-state index in [9.17, 15) is 4.79 Å². The van der Waals surface area contributed by atoms with Crippen molar-refractivity contribution in [3.05, 3.63) is 51.9 Å². The number of halogens is 1. The minimum atomic E-state index is -0.216. The zero-order valence-corrected chi connectivity index (χ0v) is 12.3. The first-order chi connectivity index (χ1) is 8.97. The van der Waals surface area contributed by atoms with Gasteiger partial charge in [-0.15, -0.1) is 0 Å². The molecule has 5 heteroatoms. The molecule has 0 aliphatic heterocycles. The number of aryl methyl sites for hydroxylation is 1. The van der Waals surface area contributed by atoms with Crippen molar-refractivity contribution in [2.45, 2.75) is 19.9 Å². The van der Waals surface area contributed by atoms with Crippen LogP contribution in [0.25, 0.3) is 0 Å². The van der Waals surface area contributed by atoms with Crippen LogP contribution in [-0.4, -0.2) is 5.91 Å². The molecule has 1 unspecified atom stereocenters. The van der Waals surface area contributed by atoms with Gasteiger partial charge in [0.2, 0.25) is 0 Å². The summed E-state index contributed by atoms with van der Waals surface area (Å²) in [6.07, 6.45) is 0. The minimum Gasteiger partial charge on any atom is -0.464 e. The summed E-state index contributed by atoms with van der Waals surface area (Å²) in [6.45, 7) is 3.73. The summed E-state index contributed by atoms with van der Waals surface area (Å²) in [5.74, 6) is 1.33. The highest BCUT2D eigenvalue weighted by atomic mass is 79.9. The third-order valence-electron chi connectivity index (χ3n) is 2.79. The number of rotatable bonds is 3. The Balaban J connectivity index is 2.12. The van der Waals surface area contributed by atoms with Crippen molar-refractivity contribution in [3.8, 4) is 0 Å². The van der Waals surface area contributed by atoms with E-state index in [0.717, 1.165) is 16.0 Å². The van der Waals surface area contributed by atoms with Gasteiger partial charge in [-0.05, 0) is 44.2 Å². The first-order valence-electron chi connectivity index (χ1n) is 5.89. The SMILES string of the molecule is Cc1ccc(C(C)NC(=O)c2ccc(Br)cc2N)o1. The second-order valence-electron chi connectivity index (χ2n) is 4.38. The molecule has 0 radical (unpaired) electrons. The van der Waals surface area contributed by atoms with Gasteiger partial charge in [0.25, 0.3) is 5.91 Å². The zero-order chi connectivity index (χ0) is 14.0. The van der Waals surface area contributed by atoms with E-state index in [-0.39, 0.29) is 11.9 Å². The molecule has 1 aromatic heterocycles. The highest BCUT2D eigenvalue weighted by molar-refractivity contribution is 9.10. The molecule has 2 rings (SSSR count). The van der Waals surface area contributed by atoms with E-state index in [2.05, 4.69) is 21.2 Å². The molecule has 1 amide bonds. The van der Waals surface area contributed by atoms with E-state index < -0.39 is 0 Å². The van der Waals surface area contributed by atoms with Gasteiger partial charge in [0, 0.05) is 10.2 Å². The van der Waals surface area contributed by atoms with Gasteiger partial charge in [0.1, 0.15) is 11.5 Å². The standard InChI is InChI=1S/C14H15BrN2O2/c1-8-3-6-13(19-8)9(2)17-14(18)11-5-4-10(15)7-12(11)16/h3-7,9H,16H2,1-2H3,(H,17,18). The van der Waals surface area contributed by atoms with Crippen molar-refractivity contribution in [2.75, 3.05) is 5.73 Å². The Morgan fingerprint density at radius 2 is 2.11 bits per heavy atom. The quantitative estimate of drug-likeness (QED) is 0.851. The normalized spacial score (nSPS) is 12.2. The van der Waals surface area contributed by atoms with Gasteiger partial charge < -0.3 is 15.5 Å². The molecule has 1 atom stereocenters. The number of anilines is 1. The number of carbonyl (C=O) groups excluding carboxylic acids is 1. The Kier molecular flexibility index (Phi) is 3.95. The van der Waals surface area contributed by atoms with Crippen molar-refractivity contribution in [1.29, 1.82) is 0 Å². The molecule has 19 heavy (non-hydrogen) atoms. The van der Waals surface area contributed by atoms with Crippen LogP contribution in [0.5, 0.6) is 0 Å². The molecular weight excluding hydrogens is 308 g/mol. The van der Waals surface area contributed by atoms with Gasteiger partial charge in [-0.25, -0.2) is 0 Å². The molecule has 100 valence electrons. The molecule has 0 fully saturated rings. The predicted molar refractivity (Wildman–Crippen MR) is 77.9 cm³/mol. The van der Waals surface area contributed by atoms with Crippen LogP contribution in [-0.2, 0) is 0 Å². The van der Waals surface area contributed by atoms with Crippen molar-refractivity contribution in [2.24, 2.45) is 0 Å². The number of nitrogens with one attached hydrogen (secondary N) is 1. The van der Waals surface area contributed by atoms with Gasteiger partial charge in [0.15, 0.2) is 0 Å². The average Bonchev–Trinajstić information content (AvgIpc) is 2.75. The molecule has 3 N–H and O–H groups in total. The second-order valence-corrected chi connectivity index (χ2v) is 5.29. The molecule has 0 aliphatic rings. The number of amides is 1. The summed E-state index contributed by atoms with van der Waals surface area (Å²) >= 11 is 3.31. The molecule has 2 aromatic rings. The lowest BCUT2D eigenvalue weighted by Gasteiger charge is -2.12. The first kappa shape index (κ1) is 13.7. The average molecular weight is 323 g/mol. The molecule has 0 bridgehead atoms. The Labute approximate surface area is 120 Å². The fourth-order valence-electron chi connectivity index (χ4n) is 1.77.